The predicted octanol–water partition coefficient (Wildman–Crippen LogP) is 3.75. The normalized spacial score (nSPS) is 9.94. The quantitative estimate of drug-likeness (QED) is 0.537. The first-order chi connectivity index (χ1) is 7.93. The summed E-state index contributed by atoms with van der Waals surface area (Å²) < 4.78 is 0. The standard InChI is InChI=1S/C14H23NO.ClH/c1-2-3-4-8-13-16-15-12-11-14-9-6-5-7-10-14;/h5-7,9-10,15H,2-4,8,11-13H2,1H3;1H. The molecule has 0 radical (unpaired) electrons. The molecule has 0 aromatic heterocycles. The van der Waals surface area contributed by atoms with Crippen molar-refractivity contribution in [2.24, 2.45) is 0 Å². The number of unbranched alkanes of at least 4 members (excludes halogenated alkanes) is 3. The Kier molecular flexibility index (Phi) is 11.5. The van der Waals surface area contributed by atoms with Gasteiger partial charge in [0.05, 0.1) is 6.61 Å². The van der Waals surface area contributed by atoms with Crippen molar-refractivity contribution in [2.45, 2.75) is 39.0 Å². The minimum atomic E-state index is 0. The van der Waals surface area contributed by atoms with Crippen molar-refractivity contribution in [3.05, 3.63) is 35.9 Å². The summed E-state index contributed by atoms with van der Waals surface area (Å²) in [7, 11) is 0. The van der Waals surface area contributed by atoms with Gasteiger partial charge in [0.1, 0.15) is 0 Å². The first kappa shape index (κ1) is 16.4. The van der Waals surface area contributed by atoms with Gasteiger partial charge in [0.25, 0.3) is 0 Å². The number of hydrogen-bond acceptors (Lipinski definition) is 2. The monoisotopic (exact) mass is 257 g/mol. The zero-order valence-electron chi connectivity index (χ0n) is 10.7. The zero-order chi connectivity index (χ0) is 11.5. The molecule has 98 valence electrons. The molecule has 1 N–H and O–H groups in total. The van der Waals surface area contributed by atoms with Crippen LogP contribution in [0, 0.1) is 0 Å². The largest absolute Gasteiger partial charge is 0.302 e. The van der Waals surface area contributed by atoms with Crippen molar-refractivity contribution in [3.8, 4) is 0 Å². The van der Waals surface area contributed by atoms with E-state index in [-0.39, 0.29) is 12.4 Å². The summed E-state index contributed by atoms with van der Waals surface area (Å²) >= 11 is 0. The third kappa shape index (κ3) is 9.16. The third-order valence-electron chi connectivity index (χ3n) is 2.56. The second-order valence-electron chi connectivity index (χ2n) is 4.04. The summed E-state index contributed by atoms with van der Waals surface area (Å²) in [6, 6.07) is 10.5. The molecule has 1 aromatic carbocycles. The molecule has 0 spiro atoms. The first-order valence-corrected chi connectivity index (χ1v) is 6.32. The van der Waals surface area contributed by atoms with Gasteiger partial charge in [0.2, 0.25) is 0 Å². The highest BCUT2D eigenvalue weighted by atomic mass is 35.5. The van der Waals surface area contributed by atoms with E-state index < -0.39 is 0 Å². The van der Waals surface area contributed by atoms with E-state index in [1.807, 2.05) is 6.07 Å². The minimum Gasteiger partial charge on any atom is -0.302 e. The van der Waals surface area contributed by atoms with Crippen LogP contribution in [0.25, 0.3) is 0 Å². The Bertz CT molecular complexity index is 254. The van der Waals surface area contributed by atoms with Gasteiger partial charge in [-0.25, -0.2) is 5.48 Å². The highest BCUT2D eigenvalue weighted by molar-refractivity contribution is 5.85. The van der Waals surface area contributed by atoms with Gasteiger partial charge in [-0.15, -0.1) is 12.4 Å². The number of hydroxylamine groups is 1. The van der Waals surface area contributed by atoms with Crippen molar-refractivity contribution < 1.29 is 4.84 Å². The van der Waals surface area contributed by atoms with Crippen molar-refractivity contribution >= 4 is 12.4 Å². The molecule has 0 aliphatic heterocycles. The number of halogens is 1. The summed E-state index contributed by atoms with van der Waals surface area (Å²) in [6.45, 7) is 3.94. The Balaban J connectivity index is 0.00000256. The Morgan fingerprint density at radius 1 is 1.06 bits per heavy atom. The first-order valence-electron chi connectivity index (χ1n) is 6.32. The zero-order valence-corrected chi connectivity index (χ0v) is 11.5. The van der Waals surface area contributed by atoms with Gasteiger partial charge in [-0.2, -0.15) is 0 Å². The maximum Gasteiger partial charge on any atom is 0.0682 e. The molecule has 0 heterocycles. The summed E-state index contributed by atoms with van der Waals surface area (Å²) in [5.74, 6) is 0. The Labute approximate surface area is 111 Å². The van der Waals surface area contributed by atoms with Crippen LogP contribution in [0.3, 0.4) is 0 Å². The molecule has 0 unspecified atom stereocenters. The van der Waals surface area contributed by atoms with Crippen molar-refractivity contribution in [1.82, 2.24) is 5.48 Å². The Hall–Kier alpha value is -0.570. The Morgan fingerprint density at radius 3 is 2.53 bits per heavy atom. The molecule has 0 fully saturated rings. The van der Waals surface area contributed by atoms with Gasteiger partial charge in [-0.3, -0.25) is 0 Å². The van der Waals surface area contributed by atoms with E-state index in [4.69, 9.17) is 4.84 Å². The highest BCUT2D eigenvalue weighted by Gasteiger charge is 1.92. The minimum absolute atomic E-state index is 0. The fraction of sp³-hybridized carbons (Fsp3) is 0.571. The van der Waals surface area contributed by atoms with Crippen LogP contribution in [-0.2, 0) is 11.3 Å². The van der Waals surface area contributed by atoms with E-state index in [1.165, 1.54) is 24.8 Å². The van der Waals surface area contributed by atoms with Crippen LogP contribution in [0.5, 0.6) is 0 Å². The number of hydrogen-bond donors (Lipinski definition) is 1. The van der Waals surface area contributed by atoms with Crippen molar-refractivity contribution in [1.29, 1.82) is 0 Å². The molecule has 0 bridgehead atoms. The maximum atomic E-state index is 5.35. The molecule has 2 nitrogen and oxygen atoms in total. The average molecular weight is 258 g/mol. The lowest BCUT2D eigenvalue weighted by Crippen LogP contribution is -2.18. The average Bonchev–Trinajstić information content (AvgIpc) is 2.34. The molecular formula is C14H24ClNO. The highest BCUT2D eigenvalue weighted by Crippen LogP contribution is 1.99. The van der Waals surface area contributed by atoms with Gasteiger partial charge >= 0.3 is 0 Å². The summed E-state index contributed by atoms with van der Waals surface area (Å²) in [5, 5.41) is 0. The molecular weight excluding hydrogens is 234 g/mol. The van der Waals surface area contributed by atoms with Crippen molar-refractivity contribution in [3.63, 3.8) is 0 Å². The molecule has 0 atom stereocenters. The lowest BCUT2D eigenvalue weighted by molar-refractivity contribution is 0.0393. The molecule has 0 amide bonds. The number of rotatable bonds is 9. The van der Waals surface area contributed by atoms with Gasteiger partial charge < -0.3 is 4.84 Å². The molecule has 1 aromatic rings. The third-order valence-corrected chi connectivity index (χ3v) is 2.56. The molecule has 0 aliphatic carbocycles. The molecule has 0 aliphatic rings. The number of benzene rings is 1. The van der Waals surface area contributed by atoms with Gasteiger partial charge in [-0.1, -0.05) is 56.5 Å². The maximum absolute atomic E-state index is 5.35. The van der Waals surface area contributed by atoms with Crippen LogP contribution >= 0.6 is 12.4 Å². The topological polar surface area (TPSA) is 21.3 Å². The van der Waals surface area contributed by atoms with Gasteiger partial charge in [0, 0.05) is 6.54 Å². The van der Waals surface area contributed by atoms with E-state index in [0.717, 1.165) is 26.0 Å². The van der Waals surface area contributed by atoms with Crippen LogP contribution in [0.4, 0.5) is 0 Å². The van der Waals surface area contributed by atoms with E-state index in [0.29, 0.717) is 0 Å². The fourth-order valence-electron chi connectivity index (χ4n) is 1.59. The van der Waals surface area contributed by atoms with Crippen LogP contribution in [0.2, 0.25) is 0 Å². The second-order valence-corrected chi connectivity index (χ2v) is 4.04. The smallest absolute Gasteiger partial charge is 0.0682 e. The van der Waals surface area contributed by atoms with Crippen LogP contribution in [0.15, 0.2) is 30.3 Å². The van der Waals surface area contributed by atoms with Gasteiger partial charge in [0.15, 0.2) is 0 Å². The summed E-state index contributed by atoms with van der Waals surface area (Å²) in [4.78, 5) is 5.35. The second kappa shape index (κ2) is 11.9. The van der Waals surface area contributed by atoms with E-state index in [1.54, 1.807) is 0 Å². The predicted molar refractivity (Wildman–Crippen MR) is 75.5 cm³/mol. The van der Waals surface area contributed by atoms with E-state index in [2.05, 4.69) is 36.7 Å². The lowest BCUT2D eigenvalue weighted by atomic mass is 10.2. The molecule has 3 heteroatoms. The summed E-state index contributed by atoms with van der Waals surface area (Å²) in [5.41, 5.74) is 4.36. The van der Waals surface area contributed by atoms with E-state index >= 15 is 0 Å². The molecule has 1 rings (SSSR count). The van der Waals surface area contributed by atoms with E-state index in [9.17, 15) is 0 Å². The van der Waals surface area contributed by atoms with Crippen LogP contribution < -0.4 is 5.48 Å². The SMILES string of the molecule is CCCCCCONCCc1ccccc1.Cl. The van der Waals surface area contributed by atoms with Crippen LogP contribution in [0.1, 0.15) is 38.2 Å². The number of nitrogens with one attached hydrogen (secondary N) is 1. The molecule has 17 heavy (non-hydrogen) atoms. The molecule has 0 saturated heterocycles. The van der Waals surface area contributed by atoms with Crippen molar-refractivity contribution in [2.75, 3.05) is 13.2 Å². The lowest BCUT2D eigenvalue weighted by Gasteiger charge is -2.05. The van der Waals surface area contributed by atoms with Crippen LogP contribution in [-0.4, -0.2) is 13.2 Å². The van der Waals surface area contributed by atoms with Gasteiger partial charge in [-0.05, 0) is 18.4 Å². The Morgan fingerprint density at radius 2 is 1.82 bits per heavy atom. The summed E-state index contributed by atoms with van der Waals surface area (Å²) in [6.07, 6.45) is 6.05. The molecule has 0 saturated carbocycles. The fourth-order valence-corrected chi connectivity index (χ4v) is 1.59.